The first-order valence-corrected chi connectivity index (χ1v) is 7.41. The first-order valence-electron chi connectivity index (χ1n) is 7.41. The van der Waals surface area contributed by atoms with Gasteiger partial charge in [0, 0.05) is 18.9 Å². The Balaban J connectivity index is 1.51. The first kappa shape index (κ1) is 13.4. The number of nitrogens with zero attached hydrogens (tertiary/aromatic N) is 5. The highest BCUT2D eigenvalue weighted by Gasteiger charge is 2.30. The van der Waals surface area contributed by atoms with Crippen molar-refractivity contribution < 1.29 is 4.74 Å². The SMILES string of the molecule is Cc1cccn2c(CN[C@H]3COC[C@H]3n3ccnn3)cnc12. The molecule has 0 amide bonds. The summed E-state index contributed by atoms with van der Waals surface area (Å²) in [5, 5.41) is 11.5. The van der Waals surface area contributed by atoms with E-state index >= 15 is 0 Å². The zero-order chi connectivity index (χ0) is 14.9. The van der Waals surface area contributed by atoms with Crippen LogP contribution in [0.15, 0.2) is 36.9 Å². The summed E-state index contributed by atoms with van der Waals surface area (Å²) in [4.78, 5) is 4.50. The van der Waals surface area contributed by atoms with Crippen molar-refractivity contribution in [2.45, 2.75) is 25.6 Å². The molecule has 0 saturated carbocycles. The van der Waals surface area contributed by atoms with E-state index < -0.39 is 0 Å². The van der Waals surface area contributed by atoms with Crippen LogP contribution in [0.3, 0.4) is 0 Å². The van der Waals surface area contributed by atoms with E-state index in [1.54, 1.807) is 6.20 Å². The summed E-state index contributed by atoms with van der Waals surface area (Å²) in [6, 6.07) is 4.52. The van der Waals surface area contributed by atoms with E-state index in [-0.39, 0.29) is 12.1 Å². The Labute approximate surface area is 127 Å². The van der Waals surface area contributed by atoms with Crippen molar-refractivity contribution >= 4 is 5.65 Å². The number of hydrogen-bond donors (Lipinski definition) is 1. The van der Waals surface area contributed by atoms with E-state index in [1.165, 1.54) is 5.56 Å². The number of fused-ring (bicyclic) bond motifs is 1. The Morgan fingerprint density at radius 1 is 1.36 bits per heavy atom. The van der Waals surface area contributed by atoms with Gasteiger partial charge >= 0.3 is 0 Å². The normalized spacial score (nSPS) is 21.7. The largest absolute Gasteiger partial charge is 0.377 e. The molecule has 114 valence electrons. The second-order valence-electron chi connectivity index (χ2n) is 5.61. The van der Waals surface area contributed by atoms with E-state index in [0.717, 1.165) is 17.9 Å². The standard InChI is InChI=1S/C15H18N6O/c1-11-3-2-5-20-12(8-17-15(11)20)7-16-13-9-22-10-14(13)21-6-4-18-19-21/h2-6,8,13-14,16H,7,9-10H2,1H3/t13-,14+/m0/s1. The zero-order valence-electron chi connectivity index (χ0n) is 12.4. The highest BCUT2D eigenvalue weighted by molar-refractivity contribution is 5.48. The monoisotopic (exact) mass is 298 g/mol. The van der Waals surface area contributed by atoms with E-state index in [4.69, 9.17) is 4.74 Å². The summed E-state index contributed by atoms with van der Waals surface area (Å²) < 4.78 is 9.59. The number of aryl methyl sites for hydroxylation is 1. The van der Waals surface area contributed by atoms with Crippen LogP contribution in [0.25, 0.3) is 5.65 Å². The number of hydrogen-bond acceptors (Lipinski definition) is 5. The molecule has 4 rings (SSSR count). The van der Waals surface area contributed by atoms with Gasteiger partial charge in [0.15, 0.2) is 0 Å². The Morgan fingerprint density at radius 3 is 3.18 bits per heavy atom. The van der Waals surface area contributed by atoms with Crippen molar-refractivity contribution in [3.63, 3.8) is 0 Å². The minimum atomic E-state index is 0.184. The summed E-state index contributed by atoms with van der Waals surface area (Å²) >= 11 is 0. The lowest BCUT2D eigenvalue weighted by molar-refractivity contribution is 0.181. The molecule has 7 nitrogen and oxygen atoms in total. The summed E-state index contributed by atoms with van der Waals surface area (Å²) in [5.74, 6) is 0. The zero-order valence-corrected chi connectivity index (χ0v) is 12.4. The lowest BCUT2D eigenvalue weighted by Gasteiger charge is -2.18. The van der Waals surface area contributed by atoms with Crippen molar-refractivity contribution in [1.82, 2.24) is 29.7 Å². The van der Waals surface area contributed by atoms with Crippen LogP contribution in [0, 0.1) is 6.92 Å². The molecule has 0 aliphatic carbocycles. The third-order valence-electron chi connectivity index (χ3n) is 4.18. The maximum absolute atomic E-state index is 5.60. The molecule has 0 radical (unpaired) electrons. The van der Waals surface area contributed by atoms with Crippen LogP contribution in [-0.2, 0) is 11.3 Å². The van der Waals surface area contributed by atoms with Crippen molar-refractivity contribution in [1.29, 1.82) is 0 Å². The third-order valence-corrected chi connectivity index (χ3v) is 4.18. The lowest BCUT2D eigenvalue weighted by Crippen LogP contribution is -2.37. The van der Waals surface area contributed by atoms with Crippen LogP contribution >= 0.6 is 0 Å². The van der Waals surface area contributed by atoms with Crippen LogP contribution in [0.5, 0.6) is 0 Å². The fraction of sp³-hybridized carbons (Fsp3) is 0.400. The second kappa shape index (κ2) is 5.51. The molecule has 0 unspecified atom stereocenters. The number of imidazole rings is 1. The van der Waals surface area contributed by atoms with Gasteiger partial charge in [0.1, 0.15) is 5.65 Å². The lowest BCUT2D eigenvalue weighted by atomic mass is 10.1. The Morgan fingerprint density at radius 2 is 2.32 bits per heavy atom. The Kier molecular flexibility index (Phi) is 3.36. The van der Waals surface area contributed by atoms with Crippen molar-refractivity contribution in [2.75, 3.05) is 13.2 Å². The van der Waals surface area contributed by atoms with Crippen LogP contribution < -0.4 is 5.32 Å². The van der Waals surface area contributed by atoms with Crippen molar-refractivity contribution in [3.8, 4) is 0 Å². The van der Waals surface area contributed by atoms with Gasteiger partial charge in [-0.25, -0.2) is 9.67 Å². The van der Waals surface area contributed by atoms with Gasteiger partial charge in [-0.15, -0.1) is 5.10 Å². The van der Waals surface area contributed by atoms with E-state index in [2.05, 4.69) is 38.0 Å². The molecule has 0 spiro atoms. The maximum atomic E-state index is 5.60. The molecule has 1 N–H and O–H groups in total. The topological polar surface area (TPSA) is 69.3 Å². The number of nitrogens with one attached hydrogen (secondary N) is 1. The number of aromatic nitrogens is 5. The predicted octanol–water partition coefficient (Wildman–Crippen LogP) is 0.964. The quantitative estimate of drug-likeness (QED) is 0.777. The molecule has 2 atom stereocenters. The van der Waals surface area contributed by atoms with E-state index in [1.807, 2.05) is 29.3 Å². The van der Waals surface area contributed by atoms with Gasteiger partial charge in [0.05, 0.1) is 43.4 Å². The van der Waals surface area contributed by atoms with Crippen LogP contribution in [0.4, 0.5) is 0 Å². The summed E-state index contributed by atoms with van der Waals surface area (Å²) in [6.07, 6.45) is 7.55. The average molecular weight is 298 g/mol. The van der Waals surface area contributed by atoms with Gasteiger partial charge in [-0.2, -0.15) is 0 Å². The molecule has 22 heavy (non-hydrogen) atoms. The van der Waals surface area contributed by atoms with Crippen molar-refractivity contribution in [3.05, 3.63) is 48.2 Å². The molecule has 1 fully saturated rings. The number of rotatable bonds is 4. The molecular weight excluding hydrogens is 280 g/mol. The summed E-state index contributed by atoms with van der Waals surface area (Å²) in [6.45, 7) is 4.16. The third kappa shape index (κ3) is 2.28. The Hall–Kier alpha value is -2.25. The van der Waals surface area contributed by atoms with Crippen LogP contribution in [0.2, 0.25) is 0 Å². The van der Waals surface area contributed by atoms with Gasteiger partial charge in [0.2, 0.25) is 0 Å². The number of pyridine rings is 1. The van der Waals surface area contributed by atoms with Gasteiger partial charge < -0.3 is 14.5 Å². The van der Waals surface area contributed by atoms with Gasteiger partial charge in [0.25, 0.3) is 0 Å². The molecule has 1 aliphatic heterocycles. The second-order valence-corrected chi connectivity index (χ2v) is 5.61. The maximum Gasteiger partial charge on any atom is 0.139 e. The highest BCUT2D eigenvalue weighted by atomic mass is 16.5. The minimum Gasteiger partial charge on any atom is -0.377 e. The minimum absolute atomic E-state index is 0.184. The molecule has 1 saturated heterocycles. The van der Waals surface area contributed by atoms with Gasteiger partial charge in [-0.05, 0) is 18.6 Å². The molecule has 7 heteroatoms. The van der Waals surface area contributed by atoms with Gasteiger partial charge in [-0.1, -0.05) is 11.3 Å². The van der Waals surface area contributed by atoms with Gasteiger partial charge in [-0.3, -0.25) is 0 Å². The van der Waals surface area contributed by atoms with Crippen molar-refractivity contribution in [2.24, 2.45) is 0 Å². The van der Waals surface area contributed by atoms with E-state index in [0.29, 0.717) is 13.2 Å². The first-order chi connectivity index (χ1) is 10.8. The molecule has 0 bridgehead atoms. The molecule has 4 heterocycles. The molecule has 0 aromatic carbocycles. The van der Waals surface area contributed by atoms with Crippen LogP contribution in [-0.4, -0.2) is 43.6 Å². The fourth-order valence-electron chi connectivity index (χ4n) is 2.96. The molecule has 3 aromatic heterocycles. The van der Waals surface area contributed by atoms with E-state index in [9.17, 15) is 0 Å². The average Bonchev–Trinajstić information content (AvgIpc) is 3.25. The Bertz CT molecular complexity index is 766. The summed E-state index contributed by atoms with van der Waals surface area (Å²) in [5.41, 5.74) is 3.33. The number of ether oxygens (including phenoxy) is 1. The molecule has 1 aliphatic rings. The predicted molar refractivity (Wildman–Crippen MR) is 80.4 cm³/mol. The molecular formula is C15H18N6O. The molecule has 3 aromatic rings. The summed E-state index contributed by atoms with van der Waals surface area (Å²) in [7, 11) is 0. The highest BCUT2D eigenvalue weighted by Crippen LogP contribution is 2.19. The fourth-order valence-corrected chi connectivity index (χ4v) is 2.96. The van der Waals surface area contributed by atoms with Crippen LogP contribution in [0.1, 0.15) is 17.3 Å². The smallest absolute Gasteiger partial charge is 0.139 e.